The Morgan fingerprint density at radius 1 is 1.36 bits per heavy atom. The Bertz CT molecular complexity index is 358. The normalized spacial score (nSPS) is 23.5. The maximum Gasteiger partial charge on any atom is 0.163 e. The molecule has 0 saturated carbocycles. The molecule has 1 aromatic rings. The van der Waals surface area contributed by atoms with Crippen LogP contribution in [0.2, 0.25) is 0 Å². The Morgan fingerprint density at radius 2 is 2.18 bits per heavy atom. The summed E-state index contributed by atoms with van der Waals surface area (Å²) in [6, 6.07) is 7.25. The summed E-state index contributed by atoms with van der Waals surface area (Å²) < 4.78 is 15.0. The third-order valence-corrected chi connectivity index (χ3v) is 1.94. The quantitative estimate of drug-likeness (QED) is 0.551. The zero-order valence-corrected chi connectivity index (χ0v) is 6.13. The van der Waals surface area contributed by atoms with E-state index in [0.29, 0.717) is 18.4 Å². The zero-order chi connectivity index (χ0) is 9.47. The standard InChI is InChI=1S/C10H10O/c11-10-7-3-5-8-4-1-2-6-9(8)10/h1-2,4,6H,3,5,7H2/i7D2. The first kappa shape index (κ1) is 4.70. The number of carbonyl (C=O) groups excluding carboxylic acids is 1. The van der Waals surface area contributed by atoms with Crippen LogP contribution < -0.4 is 0 Å². The molecule has 1 nitrogen and oxygen atoms in total. The molecule has 0 aliphatic heterocycles. The molecule has 0 heterocycles. The van der Waals surface area contributed by atoms with Crippen LogP contribution in [-0.4, -0.2) is 5.78 Å². The minimum Gasteiger partial charge on any atom is -0.294 e. The van der Waals surface area contributed by atoms with Gasteiger partial charge < -0.3 is 0 Å². The van der Waals surface area contributed by atoms with E-state index in [0.717, 1.165) is 5.56 Å². The topological polar surface area (TPSA) is 17.1 Å². The van der Waals surface area contributed by atoms with Crippen molar-refractivity contribution in [1.29, 1.82) is 0 Å². The molecule has 0 bridgehead atoms. The molecule has 1 aliphatic carbocycles. The number of hydrogen-bond donors (Lipinski definition) is 0. The predicted molar refractivity (Wildman–Crippen MR) is 43.7 cm³/mol. The van der Waals surface area contributed by atoms with E-state index in [4.69, 9.17) is 2.74 Å². The largest absolute Gasteiger partial charge is 0.294 e. The number of rotatable bonds is 0. The lowest BCUT2D eigenvalue weighted by molar-refractivity contribution is 0.0972. The number of hydrogen-bond acceptors (Lipinski definition) is 1. The number of Topliss-reactive ketones (excluding diaryl/α,β-unsaturated/α-hetero) is 1. The van der Waals surface area contributed by atoms with Crippen LogP contribution >= 0.6 is 0 Å². The Balaban J connectivity index is 2.52. The van der Waals surface area contributed by atoms with Crippen molar-refractivity contribution in [2.75, 3.05) is 0 Å². The van der Waals surface area contributed by atoms with Crippen molar-refractivity contribution < 1.29 is 7.54 Å². The molecule has 1 aromatic carbocycles. The maximum atomic E-state index is 11.6. The van der Waals surface area contributed by atoms with E-state index in [9.17, 15) is 4.79 Å². The van der Waals surface area contributed by atoms with Crippen LogP contribution in [0.4, 0.5) is 0 Å². The minimum atomic E-state index is -1.66. The Labute approximate surface area is 68.9 Å². The van der Waals surface area contributed by atoms with Gasteiger partial charge in [-0.15, -0.1) is 0 Å². The first-order chi connectivity index (χ1) is 6.11. The van der Waals surface area contributed by atoms with E-state index in [1.54, 1.807) is 12.1 Å². The van der Waals surface area contributed by atoms with Gasteiger partial charge in [0.05, 0.1) is 0 Å². The number of aryl methyl sites for hydroxylation is 1. The van der Waals surface area contributed by atoms with Crippen molar-refractivity contribution >= 4 is 5.78 Å². The molecule has 56 valence electrons. The van der Waals surface area contributed by atoms with Gasteiger partial charge >= 0.3 is 0 Å². The van der Waals surface area contributed by atoms with Gasteiger partial charge in [0.2, 0.25) is 0 Å². The zero-order valence-electron chi connectivity index (χ0n) is 8.13. The van der Waals surface area contributed by atoms with Crippen molar-refractivity contribution in [2.45, 2.75) is 19.2 Å². The highest BCUT2D eigenvalue weighted by molar-refractivity contribution is 5.98. The van der Waals surface area contributed by atoms with Crippen LogP contribution in [0.3, 0.4) is 0 Å². The second kappa shape index (κ2) is 2.50. The molecule has 0 unspecified atom stereocenters. The monoisotopic (exact) mass is 148 g/mol. The molecular weight excluding hydrogens is 136 g/mol. The smallest absolute Gasteiger partial charge is 0.163 e. The molecule has 0 radical (unpaired) electrons. The fraction of sp³-hybridized carbons (Fsp3) is 0.300. The molecule has 0 N–H and O–H groups in total. The molecule has 1 aliphatic rings. The summed E-state index contributed by atoms with van der Waals surface area (Å²) >= 11 is 0. The van der Waals surface area contributed by atoms with Crippen molar-refractivity contribution in [3.05, 3.63) is 35.4 Å². The highest BCUT2D eigenvalue weighted by atomic mass is 16.1. The Morgan fingerprint density at radius 3 is 3.09 bits per heavy atom. The van der Waals surface area contributed by atoms with Crippen LogP contribution in [0.1, 0.15) is 31.5 Å². The SMILES string of the molecule is [2H]C1([2H])CCc2ccccc2C1=O. The van der Waals surface area contributed by atoms with Gasteiger partial charge in [-0.05, 0) is 18.4 Å². The molecular formula is C10H10O. The summed E-state index contributed by atoms with van der Waals surface area (Å²) in [5.41, 5.74) is 1.53. The third-order valence-electron chi connectivity index (χ3n) is 1.94. The first-order valence-electron chi connectivity index (χ1n) is 4.74. The lowest BCUT2D eigenvalue weighted by atomic mass is 9.91. The van der Waals surface area contributed by atoms with E-state index >= 15 is 0 Å². The second-order valence-electron chi connectivity index (χ2n) is 2.66. The summed E-state index contributed by atoms with van der Waals surface area (Å²) in [5, 5.41) is 0. The summed E-state index contributed by atoms with van der Waals surface area (Å²) in [4.78, 5) is 11.6. The van der Waals surface area contributed by atoms with E-state index in [2.05, 4.69) is 0 Å². The average Bonchev–Trinajstić information content (AvgIpc) is 2.13. The molecule has 0 amide bonds. The molecule has 0 aromatic heterocycles. The average molecular weight is 148 g/mol. The number of ketones is 1. The van der Waals surface area contributed by atoms with Gasteiger partial charge in [0.1, 0.15) is 0 Å². The van der Waals surface area contributed by atoms with Crippen LogP contribution in [0.15, 0.2) is 24.3 Å². The Kier molecular flexibility index (Phi) is 1.07. The number of benzene rings is 1. The van der Waals surface area contributed by atoms with E-state index in [1.165, 1.54) is 0 Å². The van der Waals surface area contributed by atoms with Crippen molar-refractivity contribution in [2.24, 2.45) is 0 Å². The van der Waals surface area contributed by atoms with E-state index in [1.807, 2.05) is 12.1 Å². The summed E-state index contributed by atoms with van der Waals surface area (Å²) in [7, 11) is 0. The fourth-order valence-electron chi connectivity index (χ4n) is 1.37. The molecule has 0 fully saturated rings. The molecule has 2 rings (SSSR count). The number of carbonyl (C=O) groups is 1. The number of fused-ring (bicyclic) bond motifs is 1. The van der Waals surface area contributed by atoms with E-state index < -0.39 is 6.37 Å². The van der Waals surface area contributed by atoms with Crippen LogP contribution in [-0.2, 0) is 6.42 Å². The highest BCUT2D eigenvalue weighted by Gasteiger charge is 2.14. The van der Waals surface area contributed by atoms with Crippen molar-refractivity contribution in [3.8, 4) is 0 Å². The van der Waals surface area contributed by atoms with Gasteiger partial charge in [0, 0.05) is 14.7 Å². The van der Waals surface area contributed by atoms with Crippen molar-refractivity contribution in [1.82, 2.24) is 0 Å². The fourth-order valence-corrected chi connectivity index (χ4v) is 1.37. The molecule has 1 heteroatoms. The summed E-state index contributed by atoms with van der Waals surface area (Å²) in [6.07, 6.45) is -0.688. The second-order valence-corrected chi connectivity index (χ2v) is 2.66. The lowest BCUT2D eigenvalue weighted by Gasteiger charge is -2.12. The Hall–Kier alpha value is -1.11. The molecule has 11 heavy (non-hydrogen) atoms. The molecule has 0 atom stereocenters. The maximum absolute atomic E-state index is 11.6. The predicted octanol–water partition coefficient (Wildman–Crippen LogP) is 2.21. The van der Waals surface area contributed by atoms with Crippen LogP contribution in [0.5, 0.6) is 0 Å². The van der Waals surface area contributed by atoms with Gasteiger partial charge in [-0.2, -0.15) is 0 Å². The van der Waals surface area contributed by atoms with Gasteiger partial charge in [0.25, 0.3) is 0 Å². The summed E-state index contributed by atoms with van der Waals surface area (Å²) in [6.45, 7) is 0. The summed E-state index contributed by atoms with van der Waals surface area (Å²) in [5.74, 6) is -0.366. The van der Waals surface area contributed by atoms with Gasteiger partial charge in [-0.25, -0.2) is 0 Å². The van der Waals surface area contributed by atoms with Crippen LogP contribution in [0, 0.1) is 0 Å². The first-order valence-corrected chi connectivity index (χ1v) is 3.74. The van der Waals surface area contributed by atoms with Crippen molar-refractivity contribution in [3.63, 3.8) is 0 Å². The van der Waals surface area contributed by atoms with Gasteiger partial charge in [-0.3, -0.25) is 4.79 Å². The minimum absolute atomic E-state index is 0.308. The highest BCUT2D eigenvalue weighted by Crippen LogP contribution is 2.19. The van der Waals surface area contributed by atoms with Crippen LogP contribution in [0.25, 0.3) is 0 Å². The molecule has 0 spiro atoms. The third kappa shape index (κ3) is 1.07. The lowest BCUT2D eigenvalue weighted by Crippen LogP contribution is -2.09. The van der Waals surface area contributed by atoms with Gasteiger partial charge in [0.15, 0.2) is 5.78 Å². The molecule has 0 saturated heterocycles. The van der Waals surface area contributed by atoms with Gasteiger partial charge in [-0.1, -0.05) is 24.3 Å². The van der Waals surface area contributed by atoms with E-state index in [-0.39, 0.29) is 5.78 Å².